The maximum atomic E-state index is 13.7. The van der Waals surface area contributed by atoms with Crippen LogP contribution in [0.15, 0.2) is 60.4 Å². The molecule has 2 heterocycles. The van der Waals surface area contributed by atoms with Gasteiger partial charge < -0.3 is 9.64 Å². The molecule has 2 aliphatic heterocycles. The van der Waals surface area contributed by atoms with E-state index in [1.54, 1.807) is 28.8 Å². The molecule has 2 aliphatic rings. The molecule has 1 saturated heterocycles. The average Bonchev–Trinajstić information content (AvgIpc) is 3.13. The van der Waals surface area contributed by atoms with E-state index in [1.807, 2.05) is 42.5 Å². The summed E-state index contributed by atoms with van der Waals surface area (Å²) in [5.74, 6) is 0.875. The van der Waals surface area contributed by atoms with Crippen LogP contribution in [0.5, 0.6) is 0 Å². The summed E-state index contributed by atoms with van der Waals surface area (Å²) in [5, 5.41) is 0.612. The van der Waals surface area contributed by atoms with Gasteiger partial charge in [-0.15, -0.1) is 11.8 Å². The zero-order valence-electron chi connectivity index (χ0n) is 16.3. The molecule has 8 heteroatoms. The van der Waals surface area contributed by atoms with Crippen LogP contribution < -0.4 is 0 Å². The van der Waals surface area contributed by atoms with Crippen LogP contribution in [0.25, 0.3) is 4.91 Å². The van der Waals surface area contributed by atoms with Crippen LogP contribution in [-0.4, -0.2) is 49.1 Å². The van der Waals surface area contributed by atoms with Crippen molar-refractivity contribution in [3.8, 4) is 0 Å². The van der Waals surface area contributed by atoms with Crippen molar-refractivity contribution in [1.29, 1.82) is 0 Å². The summed E-state index contributed by atoms with van der Waals surface area (Å²) in [4.78, 5) is 16.1. The second-order valence-electron chi connectivity index (χ2n) is 7.34. The molecule has 2 aromatic rings. The van der Waals surface area contributed by atoms with Gasteiger partial charge in [0, 0.05) is 23.4 Å². The lowest BCUT2D eigenvalue weighted by atomic mass is 10.1. The zero-order valence-corrected chi connectivity index (χ0v) is 18.7. The molecule has 0 radical (unpaired) electrons. The molecule has 0 spiro atoms. The third-order valence-corrected chi connectivity index (χ3v) is 8.27. The standard InChI is InChI=1S/C22H22ClNO4S2/c23-18-8-6-16(7-9-18)14-24(19-10-13-30(26,27)15-19)22(25)20-21(29-12-11-28-20)17-4-2-1-3-5-17/h1-9,19H,10-15H2. The highest BCUT2D eigenvalue weighted by atomic mass is 35.5. The summed E-state index contributed by atoms with van der Waals surface area (Å²) >= 11 is 7.59. The molecular formula is C22H22ClNO4S2. The first kappa shape index (κ1) is 21.3. The molecule has 5 nitrogen and oxygen atoms in total. The maximum absolute atomic E-state index is 13.7. The zero-order chi connectivity index (χ0) is 21.1. The van der Waals surface area contributed by atoms with Gasteiger partial charge in [0.2, 0.25) is 0 Å². The third-order valence-electron chi connectivity index (χ3n) is 5.19. The van der Waals surface area contributed by atoms with Gasteiger partial charge in [-0.3, -0.25) is 4.79 Å². The van der Waals surface area contributed by atoms with Gasteiger partial charge in [-0.1, -0.05) is 54.1 Å². The fraction of sp³-hybridized carbons (Fsp3) is 0.318. The number of amides is 1. The molecule has 0 aromatic heterocycles. The van der Waals surface area contributed by atoms with Crippen molar-refractivity contribution in [2.45, 2.75) is 19.0 Å². The quantitative estimate of drug-likeness (QED) is 0.670. The number of hydrogen-bond donors (Lipinski definition) is 0. The molecule has 2 aromatic carbocycles. The number of thioether (sulfide) groups is 1. The topological polar surface area (TPSA) is 63.7 Å². The second-order valence-corrected chi connectivity index (χ2v) is 11.1. The maximum Gasteiger partial charge on any atom is 0.290 e. The van der Waals surface area contributed by atoms with Crippen molar-refractivity contribution in [3.05, 3.63) is 76.5 Å². The van der Waals surface area contributed by atoms with Crippen molar-refractivity contribution in [3.63, 3.8) is 0 Å². The van der Waals surface area contributed by atoms with E-state index in [0.29, 0.717) is 30.4 Å². The average molecular weight is 464 g/mol. The van der Waals surface area contributed by atoms with Gasteiger partial charge in [0.05, 0.1) is 23.0 Å². The van der Waals surface area contributed by atoms with E-state index >= 15 is 0 Å². The highest BCUT2D eigenvalue weighted by molar-refractivity contribution is 8.08. The van der Waals surface area contributed by atoms with Gasteiger partial charge in [0.1, 0.15) is 0 Å². The van der Waals surface area contributed by atoms with Crippen molar-refractivity contribution in [2.24, 2.45) is 0 Å². The van der Waals surface area contributed by atoms with E-state index < -0.39 is 9.84 Å². The fourth-order valence-electron chi connectivity index (χ4n) is 3.69. The number of benzene rings is 2. The Bertz CT molecular complexity index is 1050. The summed E-state index contributed by atoms with van der Waals surface area (Å²) in [6, 6.07) is 16.6. The highest BCUT2D eigenvalue weighted by Crippen LogP contribution is 2.36. The monoisotopic (exact) mass is 463 g/mol. The number of ether oxygens (including phenoxy) is 1. The minimum atomic E-state index is -3.15. The van der Waals surface area contributed by atoms with Crippen LogP contribution in [0.3, 0.4) is 0 Å². The third kappa shape index (κ3) is 4.85. The predicted octanol–water partition coefficient (Wildman–Crippen LogP) is 3.99. The Labute approximate surface area is 186 Å². The van der Waals surface area contributed by atoms with Crippen LogP contribution in [0.4, 0.5) is 0 Å². The first-order valence-corrected chi connectivity index (χ1v) is 12.9. The normalized spacial score (nSPS) is 20.6. The Morgan fingerprint density at radius 2 is 1.87 bits per heavy atom. The van der Waals surface area contributed by atoms with Gasteiger partial charge >= 0.3 is 0 Å². The Balaban J connectivity index is 1.70. The number of rotatable bonds is 5. The van der Waals surface area contributed by atoms with E-state index in [1.165, 1.54) is 0 Å². The molecule has 4 rings (SSSR count). The minimum Gasteiger partial charge on any atom is -0.486 e. The summed E-state index contributed by atoms with van der Waals surface area (Å²) < 4.78 is 30.1. The van der Waals surface area contributed by atoms with Crippen LogP contribution in [0.2, 0.25) is 5.02 Å². The van der Waals surface area contributed by atoms with Crippen LogP contribution in [0, 0.1) is 0 Å². The Morgan fingerprint density at radius 1 is 1.13 bits per heavy atom. The van der Waals surface area contributed by atoms with Crippen molar-refractivity contribution in [2.75, 3.05) is 23.9 Å². The summed E-state index contributed by atoms with van der Waals surface area (Å²) in [6.45, 7) is 0.746. The van der Waals surface area contributed by atoms with E-state index in [2.05, 4.69) is 0 Å². The van der Waals surface area contributed by atoms with Crippen LogP contribution in [0.1, 0.15) is 17.5 Å². The highest BCUT2D eigenvalue weighted by Gasteiger charge is 2.37. The largest absolute Gasteiger partial charge is 0.486 e. The number of carbonyl (C=O) groups is 1. The van der Waals surface area contributed by atoms with Gasteiger partial charge in [-0.2, -0.15) is 0 Å². The van der Waals surface area contributed by atoms with E-state index in [0.717, 1.165) is 21.8 Å². The molecule has 0 saturated carbocycles. The first-order chi connectivity index (χ1) is 14.4. The SMILES string of the molecule is O=C(C1=C(c2ccccc2)SCCO1)N(Cc1ccc(Cl)cc1)C1CCS(=O)(=O)C1. The van der Waals surface area contributed by atoms with Crippen LogP contribution in [-0.2, 0) is 25.9 Å². The molecule has 0 N–H and O–H groups in total. The number of carbonyl (C=O) groups excluding carboxylic acids is 1. The summed E-state index contributed by atoms with van der Waals surface area (Å²) in [6.07, 6.45) is 0.433. The summed E-state index contributed by atoms with van der Waals surface area (Å²) in [5.41, 5.74) is 1.82. The molecule has 158 valence electrons. The van der Waals surface area contributed by atoms with E-state index in [4.69, 9.17) is 16.3 Å². The lowest BCUT2D eigenvalue weighted by Gasteiger charge is -2.31. The van der Waals surface area contributed by atoms with Crippen LogP contribution >= 0.6 is 23.4 Å². The second kappa shape index (κ2) is 9.04. The molecule has 1 atom stereocenters. The Hall–Kier alpha value is -1.96. The summed E-state index contributed by atoms with van der Waals surface area (Å²) in [7, 11) is -3.15. The molecule has 0 bridgehead atoms. The fourth-order valence-corrected chi connectivity index (χ4v) is 6.49. The van der Waals surface area contributed by atoms with Crippen molar-refractivity contribution >= 4 is 44.0 Å². The van der Waals surface area contributed by atoms with E-state index in [-0.39, 0.29) is 23.5 Å². The number of hydrogen-bond acceptors (Lipinski definition) is 5. The number of nitrogens with zero attached hydrogens (tertiary/aromatic N) is 1. The minimum absolute atomic E-state index is 0.0204. The smallest absolute Gasteiger partial charge is 0.290 e. The Morgan fingerprint density at radius 3 is 2.53 bits per heavy atom. The molecule has 30 heavy (non-hydrogen) atoms. The van der Waals surface area contributed by atoms with Gasteiger partial charge in [0.15, 0.2) is 15.6 Å². The first-order valence-electron chi connectivity index (χ1n) is 9.74. The molecule has 0 aliphatic carbocycles. The Kier molecular flexibility index (Phi) is 6.41. The van der Waals surface area contributed by atoms with Gasteiger partial charge in [0.25, 0.3) is 5.91 Å². The molecule has 1 amide bonds. The molecule has 1 fully saturated rings. The van der Waals surface area contributed by atoms with Crippen molar-refractivity contribution in [1.82, 2.24) is 4.90 Å². The number of sulfone groups is 1. The lowest BCUT2D eigenvalue weighted by Crippen LogP contribution is -2.42. The van der Waals surface area contributed by atoms with Crippen molar-refractivity contribution < 1.29 is 17.9 Å². The number of halogens is 1. The van der Waals surface area contributed by atoms with Gasteiger partial charge in [-0.25, -0.2) is 8.42 Å². The molecule has 1 unspecified atom stereocenters. The predicted molar refractivity (Wildman–Crippen MR) is 121 cm³/mol. The van der Waals surface area contributed by atoms with E-state index in [9.17, 15) is 13.2 Å². The van der Waals surface area contributed by atoms with Gasteiger partial charge in [-0.05, 0) is 29.7 Å². The molecular weight excluding hydrogens is 442 g/mol. The lowest BCUT2D eigenvalue weighted by molar-refractivity contribution is -0.133.